The summed E-state index contributed by atoms with van der Waals surface area (Å²) in [5, 5.41) is 3.22. The Bertz CT molecular complexity index is 574. The maximum atomic E-state index is 12.7. The van der Waals surface area contributed by atoms with Crippen molar-refractivity contribution in [3.05, 3.63) is 18.2 Å². The molecule has 1 saturated heterocycles. The molecular weight excluding hydrogens is 280 g/mol. The molecule has 1 aromatic carbocycles. The van der Waals surface area contributed by atoms with E-state index < -0.39 is 10.0 Å². The van der Waals surface area contributed by atoms with E-state index in [9.17, 15) is 8.42 Å². The lowest BCUT2D eigenvalue weighted by atomic mass is 10.3. The van der Waals surface area contributed by atoms with Crippen molar-refractivity contribution in [2.24, 2.45) is 0 Å². The van der Waals surface area contributed by atoms with Crippen LogP contribution in [0.2, 0.25) is 0 Å². The summed E-state index contributed by atoms with van der Waals surface area (Å²) < 4.78 is 37.1. The standard InChI is InChI=1S/C13H20N2O4S/c1-10-9-15(7-6-14-10)20(16,17)13-5-4-11(18-2)8-12(13)19-3/h4-5,8,10,14H,6-7,9H2,1-3H3/t10-/m0/s1. The molecule has 1 aliphatic rings. The zero-order valence-electron chi connectivity index (χ0n) is 11.9. The van der Waals surface area contributed by atoms with Crippen molar-refractivity contribution in [1.29, 1.82) is 0 Å². The highest BCUT2D eigenvalue weighted by Crippen LogP contribution is 2.30. The Kier molecular flexibility index (Phi) is 4.52. The summed E-state index contributed by atoms with van der Waals surface area (Å²) in [4.78, 5) is 0.176. The monoisotopic (exact) mass is 300 g/mol. The molecule has 0 aromatic heterocycles. The van der Waals surface area contributed by atoms with Crippen molar-refractivity contribution in [1.82, 2.24) is 9.62 Å². The molecule has 0 bridgehead atoms. The number of nitrogens with zero attached hydrogens (tertiary/aromatic N) is 1. The molecular formula is C13H20N2O4S. The van der Waals surface area contributed by atoms with Gasteiger partial charge in [0.25, 0.3) is 0 Å². The van der Waals surface area contributed by atoms with E-state index in [1.54, 1.807) is 12.1 Å². The van der Waals surface area contributed by atoms with Gasteiger partial charge in [-0.15, -0.1) is 0 Å². The van der Waals surface area contributed by atoms with Gasteiger partial charge in [0, 0.05) is 31.7 Å². The number of rotatable bonds is 4. The molecule has 6 nitrogen and oxygen atoms in total. The molecule has 0 radical (unpaired) electrons. The van der Waals surface area contributed by atoms with E-state index in [1.807, 2.05) is 6.92 Å². The van der Waals surface area contributed by atoms with Gasteiger partial charge in [0.1, 0.15) is 16.4 Å². The second kappa shape index (κ2) is 5.99. The van der Waals surface area contributed by atoms with Crippen LogP contribution >= 0.6 is 0 Å². The van der Waals surface area contributed by atoms with E-state index >= 15 is 0 Å². The van der Waals surface area contributed by atoms with Gasteiger partial charge in [0.2, 0.25) is 10.0 Å². The Morgan fingerprint density at radius 3 is 2.65 bits per heavy atom. The predicted molar refractivity (Wildman–Crippen MR) is 75.8 cm³/mol. The van der Waals surface area contributed by atoms with Gasteiger partial charge < -0.3 is 14.8 Å². The maximum absolute atomic E-state index is 12.7. The van der Waals surface area contributed by atoms with Crippen LogP contribution < -0.4 is 14.8 Å². The first-order valence-electron chi connectivity index (χ1n) is 6.44. The molecule has 0 spiro atoms. The molecule has 2 rings (SSSR count). The SMILES string of the molecule is COc1ccc(S(=O)(=O)N2CCN[C@@H](C)C2)c(OC)c1. The van der Waals surface area contributed by atoms with Gasteiger partial charge in [-0.05, 0) is 19.1 Å². The van der Waals surface area contributed by atoms with Crippen molar-refractivity contribution >= 4 is 10.0 Å². The summed E-state index contributed by atoms with van der Waals surface area (Å²) in [6.07, 6.45) is 0. The van der Waals surface area contributed by atoms with Crippen LogP contribution in [0.5, 0.6) is 11.5 Å². The third-order valence-electron chi connectivity index (χ3n) is 3.32. The molecule has 1 fully saturated rings. The fourth-order valence-electron chi connectivity index (χ4n) is 2.24. The highest BCUT2D eigenvalue weighted by molar-refractivity contribution is 7.89. The average molecular weight is 300 g/mol. The molecule has 1 aliphatic heterocycles. The molecule has 1 aromatic rings. The van der Waals surface area contributed by atoms with Gasteiger partial charge in [0.05, 0.1) is 14.2 Å². The Labute approximate surface area is 119 Å². The number of piperazine rings is 1. The average Bonchev–Trinajstić information content (AvgIpc) is 2.46. The van der Waals surface area contributed by atoms with Crippen LogP contribution in [0.1, 0.15) is 6.92 Å². The third kappa shape index (κ3) is 2.89. The van der Waals surface area contributed by atoms with Crippen LogP contribution in [0, 0.1) is 0 Å². The van der Waals surface area contributed by atoms with E-state index in [2.05, 4.69) is 5.32 Å². The number of hydrogen-bond donors (Lipinski definition) is 1. The number of hydrogen-bond acceptors (Lipinski definition) is 5. The summed E-state index contributed by atoms with van der Waals surface area (Å²) >= 11 is 0. The van der Waals surface area contributed by atoms with Crippen LogP contribution in [0.4, 0.5) is 0 Å². The molecule has 112 valence electrons. The highest BCUT2D eigenvalue weighted by atomic mass is 32.2. The number of methoxy groups -OCH3 is 2. The highest BCUT2D eigenvalue weighted by Gasteiger charge is 2.30. The lowest BCUT2D eigenvalue weighted by Gasteiger charge is -2.31. The van der Waals surface area contributed by atoms with E-state index in [1.165, 1.54) is 24.6 Å². The second-order valence-corrected chi connectivity index (χ2v) is 6.64. The van der Waals surface area contributed by atoms with Crippen LogP contribution in [-0.4, -0.2) is 52.6 Å². The van der Waals surface area contributed by atoms with Gasteiger partial charge in [-0.25, -0.2) is 8.42 Å². The van der Waals surface area contributed by atoms with E-state index in [-0.39, 0.29) is 10.9 Å². The Morgan fingerprint density at radius 2 is 2.05 bits per heavy atom. The number of ether oxygens (including phenoxy) is 2. The van der Waals surface area contributed by atoms with Crippen molar-refractivity contribution < 1.29 is 17.9 Å². The Hall–Kier alpha value is -1.31. The first-order chi connectivity index (χ1) is 9.48. The van der Waals surface area contributed by atoms with Crippen LogP contribution in [-0.2, 0) is 10.0 Å². The summed E-state index contributed by atoms with van der Waals surface area (Å²) in [5.41, 5.74) is 0. The van der Waals surface area contributed by atoms with Crippen LogP contribution in [0.25, 0.3) is 0 Å². The molecule has 0 amide bonds. The molecule has 1 N–H and O–H groups in total. The minimum Gasteiger partial charge on any atom is -0.497 e. The van der Waals surface area contributed by atoms with Gasteiger partial charge in [-0.2, -0.15) is 4.31 Å². The van der Waals surface area contributed by atoms with Gasteiger partial charge in [0.15, 0.2) is 0 Å². The Morgan fingerprint density at radius 1 is 1.30 bits per heavy atom. The number of benzene rings is 1. The lowest BCUT2D eigenvalue weighted by Crippen LogP contribution is -2.51. The minimum atomic E-state index is -3.55. The molecule has 7 heteroatoms. The molecule has 0 aliphatic carbocycles. The topological polar surface area (TPSA) is 67.9 Å². The summed E-state index contributed by atoms with van der Waals surface area (Å²) in [7, 11) is -0.569. The van der Waals surface area contributed by atoms with E-state index in [0.717, 1.165) is 0 Å². The molecule has 0 unspecified atom stereocenters. The maximum Gasteiger partial charge on any atom is 0.246 e. The number of nitrogens with one attached hydrogen (secondary N) is 1. The van der Waals surface area contributed by atoms with Crippen molar-refractivity contribution in [2.45, 2.75) is 17.9 Å². The van der Waals surface area contributed by atoms with Crippen molar-refractivity contribution in [3.63, 3.8) is 0 Å². The molecule has 1 heterocycles. The summed E-state index contributed by atoms with van der Waals surface area (Å²) in [6.45, 7) is 3.53. The van der Waals surface area contributed by atoms with E-state index in [0.29, 0.717) is 31.1 Å². The molecule has 1 atom stereocenters. The number of sulfonamides is 1. The minimum absolute atomic E-state index is 0.141. The molecule has 0 saturated carbocycles. The summed E-state index contributed by atoms with van der Waals surface area (Å²) in [6, 6.07) is 4.88. The normalized spacial score (nSPS) is 20.6. The van der Waals surface area contributed by atoms with Crippen LogP contribution in [0.3, 0.4) is 0 Å². The van der Waals surface area contributed by atoms with Gasteiger partial charge in [-0.1, -0.05) is 0 Å². The Balaban J connectivity index is 2.38. The second-order valence-electron chi connectivity index (χ2n) is 4.74. The smallest absolute Gasteiger partial charge is 0.246 e. The first-order valence-corrected chi connectivity index (χ1v) is 7.88. The van der Waals surface area contributed by atoms with Gasteiger partial charge >= 0.3 is 0 Å². The fourth-order valence-corrected chi connectivity index (χ4v) is 3.91. The first kappa shape index (κ1) is 15.1. The van der Waals surface area contributed by atoms with E-state index in [4.69, 9.17) is 9.47 Å². The third-order valence-corrected chi connectivity index (χ3v) is 5.22. The lowest BCUT2D eigenvalue weighted by molar-refractivity contribution is 0.308. The zero-order chi connectivity index (χ0) is 14.8. The largest absolute Gasteiger partial charge is 0.497 e. The fraction of sp³-hybridized carbons (Fsp3) is 0.538. The van der Waals surface area contributed by atoms with Crippen molar-refractivity contribution in [2.75, 3.05) is 33.9 Å². The predicted octanol–water partition coefficient (Wildman–Crippen LogP) is 0.686. The zero-order valence-corrected chi connectivity index (χ0v) is 12.7. The van der Waals surface area contributed by atoms with Crippen molar-refractivity contribution in [3.8, 4) is 11.5 Å². The van der Waals surface area contributed by atoms with Gasteiger partial charge in [-0.3, -0.25) is 0 Å². The van der Waals surface area contributed by atoms with Crippen LogP contribution in [0.15, 0.2) is 23.1 Å². The molecule has 20 heavy (non-hydrogen) atoms. The quantitative estimate of drug-likeness (QED) is 0.886. The summed E-state index contributed by atoms with van der Waals surface area (Å²) in [5.74, 6) is 0.866.